The van der Waals surface area contributed by atoms with E-state index in [2.05, 4.69) is 5.11 Å². The lowest BCUT2D eigenvalue weighted by molar-refractivity contribution is 0.0723. The molecule has 0 aromatic heterocycles. The molecule has 0 unspecified atom stereocenters. The zero-order chi connectivity index (χ0) is 12.3. The highest BCUT2D eigenvalue weighted by Gasteiger charge is 2.19. The number of benzene rings is 1. The minimum Gasteiger partial charge on any atom is -0.339 e. The zero-order valence-electron chi connectivity index (χ0n) is 10.1. The summed E-state index contributed by atoms with van der Waals surface area (Å²) in [5.41, 5.74) is 9.17. The molecule has 4 nitrogen and oxygen atoms in total. The molecule has 17 heavy (non-hydrogen) atoms. The second-order valence-electron chi connectivity index (χ2n) is 4.46. The summed E-state index contributed by atoms with van der Waals surface area (Å²) in [5, 5.41) is 3.38. The van der Waals surface area contributed by atoms with E-state index in [0.29, 0.717) is 11.3 Å². The molecule has 0 aliphatic carbocycles. The molecular weight excluding hydrogens is 214 g/mol. The molecule has 0 saturated carbocycles. The van der Waals surface area contributed by atoms with E-state index in [0.717, 1.165) is 31.5 Å². The van der Waals surface area contributed by atoms with Gasteiger partial charge in [-0.05, 0) is 43.9 Å². The molecule has 1 aromatic rings. The van der Waals surface area contributed by atoms with Crippen LogP contribution < -0.4 is 0 Å². The van der Waals surface area contributed by atoms with E-state index < -0.39 is 0 Å². The van der Waals surface area contributed by atoms with Gasteiger partial charge in [-0.15, -0.1) is 0 Å². The molecule has 0 spiro atoms. The third-order valence-electron chi connectivity index (χ3n) is 3.22. The van der Waals surface area contributed by atoms with E-state index in [1.165, 1.54) is 6.42 Å². The van der Waals surface area contributed by atoms with Crippen molar-refractivity contribution in [2.75, 3.05) is 13.1 Å². The van der Waals surface area contributed by atoms with Crippen molar-refractivity contribution in [3.8, 4) is 0 Å². The van der Waals surface area contributed by atoms with Crippen LogP contribution in [0.25, 0.3) is 0 Å². The van der Waals surface area contributed by atoms with Crippen LogP contribution in [-0.2, 0) is 0 Å². The smallest absolute Gasteiger partial charge is 0.254 e. The summed E-state index contributed by atoms with van der Waals surface area (Å²) in [6, 6.07) is 5.32. The molecule has 2 rings (SSSR count). The van der Waals surface area contributed by atoms with Crippen molar-refractivity contribution < 1.29 is 4.79 Å². The minimum absolute atomic E-state index is 0.0766. The van der Waals surface area contributed by atoms with Gasteiger partial charge < -0.3 is 4.90 Å². The van der Waals surface area contributed by atoms with Gasteiger partial charge in [-0.3, -0.25) is 4.79 Å². The Kier molecular flexibility index (Phi) is 3.52. The Morgan fingerprint density at radius 2 is 2.00 bits per heavy atom. The monoisotopic (exact) mass is 231 g/mol. The molecule has 0 bridgehead atoms. The van der Waals surface area contributed by atoms with Crippen LogP contribution in [0.1, 0.15) is 35.2 Å². The third-order valence-corrected chi connectivity index (χ3v) is 3.22. The first-order valence-electron chi connectivity index (χ1n) is 6.00. The van der Waals surface area contributed by atoms with Crippen molar-refractivity contribution in [1.82, 2.24) is 4.90 Å². The normalized spacial score (nSPS) is 15.7. The van der Waals surface area contributed by atoms with Crippen LogP contribution in [0.15, 0.2) is 23.3 Å². The van der Waals surface area contributed by atoms with E-state index >= 15 is 0 Å². The van der Waals surface area contributed by atoms with Crippen LogP contribution >= 0.6 is 0 Å². The largest absolute Gasteiger partial charge is 0.339 e. The number of amides is 1. The van der Waals surface area contributed by atoms with Gasteiger partial charge in [0.1, 0.15) is 0 Å². The molecule has 1 amide bonds. The van der Waals surface area contributed by atoms with Gasteiger partial charge in [0.25, 0.3) is 5.91 Å². The van der Waals surface area contributed by atoms with Gasteiger partial charge >= 0.3 is 0 Å². The second kappa shape index (κ2) is 5.08. The molecule has 1 aliphatic rings. The first-order valence-corrected chi connectivity index (χ1v) is 6.00. The number of rotatable bonds is 2. The fourth-order valence-electron chi connectivity index (χ4n) is 2.18. The van der Waals surface area contributed by atoms with Gasteiger partial charge in [0.05, 0.1) is 5.69 Å². The van der Waals surface area contributed by atoms with E-state index in [1.54, 1.807) is 12.1 Å². The maximum absolute atomic E-state index is 12.3. The van der Waals surface area contributed by atoms with Gasteiger partial charge in [0.15, 0.2) is 0 Å². The number of nitrogens with one attached hydrogen (secondary N) is 1. The topological polar surface area (TPSA) is 56.5 Å². The lowest BCUT2D eigenvalue weighted by Gasteiger charge is -2.27. The van der Waals surface area contributed by atoms with Crippen LogP contribution in [0.4, 0.5) is 5.69 Å². The number of hydrogen-bond acceptors (Lipinski definition) is 3. The van der Waals surface area contributed by atoms with Gasteiger partial charge in [0.2, 0.25) is 0 Å². The molecule has 0 atom stereocenters. The molecular formula is C13H17N3O. The average Bonchev–Trinajstić information content (AvgIpc) is 2.39. The molecule has 1 saturated heterocycles. The van der Waals surface area contributed by atoms with E-state index in [-0.39, 0.29) is 5.91 Å². The highest BCUT2D eigenvalue weighted by molar-refractivity contribution is 5.96. The summed E-state index contributed by atoms with van der Waals surface area (Å²) in [6.45, 7) is 3.62. The molecule has 1 fully saturated rings. The van der Waals surface area contributed by atoms with Gasteiger partial charge in [-0.2, -0.15) is 5.11 Å². The first-order chi connectivity index (χ1) is 8.22. The Bertz CT molecular complexity index is 436. The van der Waals surface area contributed by atoms with E-state index in [4.69, 9.17) is 5.53 Å². The number of piperidine rings is 1. The molecule has 1 heterocycles. The summed E-state index contributed by atoms with van der Waals surface area (Å²) in [6.07, 6.45) is 3.39. The molecule has 1 N–H and O–H groups in total. The second-order valence-corrected chi connectivity index (χ2v) is 4.46. The van der Waals surface area contributed by atoms with E-state index in [9.17, 15) is 4.79 Å². The summed E-state index contributed by atoms with van der Waals surface area (Å²) in [4.78, 5) is 14.2. The summed E-state index contributed by atoms with van der Waals surface area (Å²) >= 11 is 0. The summed E-state index contributed by atoms with van der Waals surface area (Å²) in [7, 11) is 0. The van der Waals surface area contributed by atoms with Gasteiger partial charge in [-0.25, -0.2) is 5.53 Å². The molecule has 4 heteroatoms. The number of aryl methyl sites for hydroxylation is 1. The van der Waals surface area contributed by atoms with Crippen molar-refractivity contribution in [2.24, 2.45) is 5.11 Å². The van der Waals surface area contributed by atoms with Crippen LogP contribution in [0.5, 0.6) is 0 Å². The molecule has 1 aromatic carbocycles. The Labute approximate surface area is 101 Å². The van der Waals surface area contributed by atoms with Crippen molar-refractivity contribution in [3.63, 3.8) is 0 Å². The number of carbonyl (C=O) groups is 1. The molecule has 90 valence electrons. The number of likely N-dealkylation sites (tertiary alicyclic amines) is 1. The van der Waals surface area contributed by atoms with Crippen LogP contribution in [0.2, 0.25) is 0 Å². The van der Waals surface area contributed by atoms with Crippen molar-refractivity contribution in [3.05, 3.63) is 29.3 Å². The molecule has 0 radical (unpaired) electrons. The van der Waals surface area contributed by atoms with E-state index in [1.807, 2.05) is 17.9 Å². The lowest BCUT2D eigenvalue weighted by atomic mass is 10.0. The van der Waals surface area contributed by atoms with Crippen molar-refractivity contribution >= 4 is 11.6 Å². The Morgan fingerprint density at radius 3 is 2.65 bits per heavy atom. The predicted octanol–water partition coefficient (Wildman–Crippen LogP) is 3.28. The van der Waals surface area contributed by atoms with Crippen molar-refractivity contribution in [1.29, 1.82) is 5.53 Å². The van der Waals surface area contributed by atoms with Gasteiger partial charge in [0, 0.05) is 18.7 Å². The minimum atomic E-state index is 0.0766. The predicted molar refractivity (Wildman–Crippen MR) is 65.7 cm³/mol. The average molecular weight is 231 g/mol. The van der Waals surface area contributed by atoms with Crippen LogP contribution in [0, 0.1) is 12.5 Å². The third kappa shape index (κ3) is 2.52. The first kappa shape index (κ1) is 11.8. The Balaban J connectivity index is 2.25. The SMILES string of the molecule is Cc1ccc(N=N)cc1C(=O)N1CCCCC1. The molecule has 1 aliphatic heterocycles. The lowest BCUT2D eigenvalue weighted by Crippen LogP contribution is -2.35. The zero-order valence-corrected chi connectivity index (χ0v) is 10.1. The fourth-order valence-corrected chi connectivity index (χ4v) is 2.18. The highest BCUT2D eigenvalue weighted by Crippen LogP contribution is 2.21. The fraction of sp³-hybridized carbons (Fsp3) is 0.462. The Hall–Kier alpha value is -1.71. The van der Waals surface area contributed by atoms with Crippen molar-refractivity contribution in [2.45, 2.75) is 26.2 Å². The number of carbonyl (C=O) groups excluding carboxylic acids is 1. The van der Waals surface area contributed by atoms with Crippen LogP contribution in [0.3, 0.4) is 0 Å². The number of hydrogen-bond donors (Lipinski definition) is 1. The maximum Gasteiger partial charge on any atom is 0.254 e. The number of nitrogens with zero attached hydrogens (tertiary/aromatic N) is 2. The summed E-state index contributed by atoms with van der Waals surface area (Å²) < 4.78 is 0. The summed E-state index contributed by atoms with van der Waals surface area (Å²) in [5.74, 6) is 0.0766. The quantitative estimate of drug-likeness (QED) is 0.780. The highest BCUT2D eigenvalue weighted by atomic mass is 16.2. The Morgan fingerprint density at radius 1 is 1.29 bits per heavy atom. The maximum atomic E-state index is 12.3. The van der Waals surface area contributed by atoms with Crippen LogP contribution in [-0.4, -0.2) is 23.9 Å². The van der Waals surface area contributed by atoms with Gasteiger partial charge in [-0.1, -0.05) is 6.07 Å². The standard InChI is InChI=1S/C13H17N3O/c1-10-5-6-11(15-14)9-12(10)13(17)16-7-3-2-4-8-16/h5-6,9,14H,2-4,7-8H2,1H3.